The van der Waals surface area contributed by atoms with Crippen molar-refractivity contribution in [2.75, 3.05) is 11.1 Å². The first-order valence-corrected chi connectivity index (χ1v) is 5.57. The molecule has 0 radical (unpaired) electrons. The normalized spacial score (nSPS) is 10.3. The number of hydrogen-bond donors (Lipinski definition) is 2. The van der Waals surface area contributed by atoms with Crippen LogP contribution in [0.4, 0.5) is 17.5 Å². The first kappa shape index (κ1) is 11.7. The number of halogens is 1. The third kappa shape index (κ3) is 2.65. The first-order chi connectivity index (χ1) is 8.06. The van der Waals surface area contributed by atoms with Crippen LogP contribution in [0, 0.1) is 13.8 Å². The second kappa shape index (κ2) is 4.59. The predicted molar refractivity (Wildman–Crippen MR) is 70.7 cm³/mol. The Morgan fingerprint density at radius 3 is 2.41 bits per heavy atom. The van der Waals surface area contributed by atoms with E-state index in [1.807, 2.05) is 32.0 Å². The van der Waals surface area contributed by atoms with Crippen molar-refractivity contribution >= 4 is 29.1 Å². The second-order valence-corrected chi connectivity index (χ2v) is 4.21. The van der Waals surface area contributed by atoms with Gasteiger partial charge in [-0.25, -0.2) is 4.98 Å². The highest BCUT2D eigenvalue weighted by molar-refractivity contribution is 6.29. The molecule has 0 bridgehead atoms. The molecular weight excluding hydrogens is 236 g/mol. The summed E-state index contributed by atoms with van der Waals surface area (Å²) in [6.45, 7) is 4.06. The Kier molecular flexibility index (Phi) is 3.15. The van der Waals surface area contributed by atoms with E-state index >= 15 is 0 Å². The Balaban J connectivity index is 2.38. The third-order valence-corrected chi connectivity index (χ3v) is 2.64. The summed E-state index contributed by atoms with van der Waals surface area (Å²) in [5, 5.41) is 3.53. The van der Waals surface area contributed by atoms with Gasteiger partial charge in [0.1, 0.15) is 11.0 Å². The van der Waals surface area contributed by atoms with E-state index in [2.05, 4.69) is 15.3 Å². The molecule has 3 N–H and O–H groups in total. The summed E-state index contributed by atoms with van der Waals surface area (Å²) in [5.41, 5.74) is 8.83. The Morgan fingerprint density at radius 2 is 1.82 bits per heavy atom. The zero-order valence-electron chi connectivity index (χ0n) is 9.66. The molecule has 17 heavy (non-hydrogen) atoms. The van der Waals surface area contributed by atoms with Crippen molar-refractivity contribution in [3.05, 3.63) is 40.5 Å². The van der Waals surface area contributed by atoms with Gasteiger partial charge in [-0.15, -0.1) is 0 Å². The number of nitrogens with zero attached hydrogens (tertiary/aromatic N) is 2. The third-order valence-electron chi connectivity index (χ3n) is 2.45. The van der Waals surface area contributed by atoms with Crippen LogP contribution in [0.2, 0.25) is 5.15 Å². The Bertz CT molecular complexity index is 514. The zero-order valence-corrected chi connectivity index (χ0v) is 10.4. The number of benzene rings is 1. The average Bonchev–Trinajstić information content (AvgIpc) is 2.22. The molecule has 88 valence electrons. The van der Waals surface area contributed by atoms with Gasteiger partial charge in [0.05, 0.1) is 0 Å². The van der Waals surface area contributed by atoms with Crippen LogP contribution in [0.25, 0.3) is 0 Å². The molecular formula is C12H13ClN4. The van der Waals surface area contributed by atoms with Crippen molar-refractivity contribution in [3.8, 4) is 0 Å². The van der Waals surface area contributed by atoms with Gasteiger partial charge in [0.15, 0.2) is 0 Å². The van der Waals surface area contributed by atoms with Gasteiger partial charge >= 0.3 is 0 Å². The highest BCUT2D eigenvalue weighted by Gasteiger charge is 2.05. The molecule has 1 heterocycles. The summed E-state index contributed by atoms with van der Waals surface area (Å²) in [5.74, 6) is 0.756. The number of aryl methyl sites for hydroxylation is 2. The molecule has 0 saturated heterocycles. The molecule has 1 aromatic carbocycles. The van der Waals surface area contributed by atoms with Gasteiger partial charge in [0.2, 0.25) is 5.95 Å². The molecule has 4 nitrogen and oxygen atoms in total. The molecule has 5 heteroatoms. The number of rotatable bonds is 2. The van der Waals surface area contributed by atoms with Crippen molar-refractivity contribution in [3.63, 3.8) is 0 Å². The summed E-state index contributed by atoms with van der Waals surface area (Å²) >= 11 is 5.82. The van der Waals surface area contributed by atoms with Crippen molar-refractivity contribution in [2.24, 2.45) is 0 Å². The molecule has 2 rings (SSSR count). The first-order valence-electron chi connectivity index (χ1n) is 5.19. The van der Waals surface area contributed by atoms with Crippen LogP contribution in [-0.4, -0.2) is 9.97 Å². The summed E-state index contributed by atoms with van der Waals surface area (Å²) in [6.07, 6.45) is 0. The van der Waals surface area contributed by atoms with E-state index in [1.54, 1.807) is 6.07 Å². The molecule has 0 fully saturated rings. The molecule has 0 saturated carbocycles. The van der Waals surface area contributed by atoms with Crippen LogP contribution < -0.4 is 11.1 Å². The number of hydrogen-bond acceptors (Lipinski definition) is 4. The summed E-state index contributed by atoms with van der Waals surface area (Å²) in [6, 6.07) is 7.71. The molecule has 0 unspecified atom stereocenters. The largest absolute Gasteiger partial charge is 0.368 e. The molecule has 0 atom stereocenters. The highest BCUT2D eigenvalue weighted by atomic mass is 35.5. The minimum Gasteiger partial charge on any atom is -0.368 e. The standard InChI is InChI=1S/C12H13ClN4/c1-7-4-3-5-8(2)11(7)16-10-6-9(13)15-12(14)17-10/h3-6H,1-2H3,(H3,14,15,16,17). The zero-order chi connectivity index (χ0) is 12.4. The Hall–Kier alpha value is -1.81. The molecule has 0 spiro atoms. The number of nitrogen functional groups attached to an aromatic ring is 1. The SMILES string of the molecule is Cc1cccc(C)c1Nc1cc(Cl)nc(N)n1. The van der Waals surface area contributed by atoms with Crippen LogP contribution >= 0.6 is 11.6 Å². The Morgan fingerprint density at radius 1 is 1.18 bits per heavy atom. The van der Waals surface area contributed by atoms with Crippen LogP contribution in [0.5, 0.6) is 0 Å². The number of nitrogens with one attached hydrogen (secondary N) is 1. The molecule has 0 aliphatic heterocycles. The number of nitrogens with two attached hydrogens (primary N) is 1. The van der Waals surface area contributed by atoms with Gasteiger partial charge in [-0.3, -0.25) is 0 Å². The lowest BCUT2D eigenvalue weighted by Gasteiger charge is -2.12. The quantitative estimate of drug-likeness (QED) is 0.802. The maximum absolute atomic E-state index is 5.82. The van der Waals surface area contributed by atoms with E-state index in [1.165, 1.54) is 0 Å². The lowest BCUT2D eigenvalue weighted by atomic mass is 10.1. The minimum atomic E-state index is 0.159. The number of anilines is 3. The van der Waals surface area contributed by atoms with Gasteiger partial charge in [0, 0.05) is 11.8 Å². The predicted octanol–water partition coefficient (Wildman–Crippen LogP) is 3.07. The lowest BCUT2D eigenvalue weighted by Crippen LogP contribution is -2.02. The minimum absolute atomic E-state index is 0.159. The van der Waals surface area contributed by atoms with Crippen molar-refractivity contribution in [1.82, 2.24) is 9.97 Å². The maximum atomic E-state index is 5.82. The number of aromatic nitrogens is 2. The second-order valence-electron chi connectivity index (χ2n) is 3.83. The summed E-state index contributed by atoms with van der Waals surface area (Å²) < 4.78 is 0. The van der Waals surface area contributed by atoms with Gasteiger partial charge in [-0.1, -0.05) is 29.8 Å². The van der Waals surface area contributed by atoms with Gasteiger partial charge in [0.25, 0.3) is 0 Å². The van der Waals surface area contributed by atoms with E-state index in [0.29, 0.717) is 11.0 Å². The van der Waals surface area contributed by atoms with E-state index in [4.69, 9.17) is 17.3 Å². The van der Waals surface area contributed by atoms with Gasteiger partial charge in [-0.2, -0.15) is 4.98 Å². The van der Waals surface area contributed by atoms with Crippen LogP contribution in [-0.2, 0) is 0 Å². The Labute approximate surface area is 105 Å². The average molecular weight is 249 g/mol. The maximum Gasteiger partial charge on any atom is 0.223 e. The number of para-hydroxylation sites is 1. The van der Waals surface area contributed by atoms with E-state index in [-0.39, 0.29) is 5.95 Å². The van der Waals surface area contributed by atoms with Crippen LogP contribution in [0.1, 0.15) is 11.1 Å². The van der Waals surface area contributed by atoms with Crippen molar-refractivity contribution in [1.29, 1.82) is 0 Å². The summed E-state index contributed by atoms with van der Waals surface area (Å²) in [4.78, 5) is 7.90. The topological polar surface area (TPSA) is 63.8 Å². The van der Waals surface area contributed by atoms with E-state index in [0.717, 1.165) is 16.8 Å². The smallest absolute Gasteiger partial charge is 0.223 e. The lowest BCUT2D eigenvalue weighted by molar-refractivity contribution is 1.18. The van der Waals surface area contributed by atoms with Gasteiger partial charge < -0.3 is 11.1 Å². The van der Waals surface area contributed by atoms with Crippen LogP contribution in [0.15, 0.2) is 24.3 Å². The fourth-order valence-electron chi connectivity index (χ4n) is 1.64. The monoisotopic (exact) mass is 248 g/mol. The molecule has 1 aromatic heterocycles. The van der Waals surface area contributed by atoms with Gasteiger partial charge in [-0.05, 0) is 25.0 Å². The molecule has 0 amide bonds. The highest BCUT2D eigenvalue weighted by Crippen LogP contribution is 2.24. The van der Waals surface area contributed by atoms with Crippen molar-refractivity contribution < 1.29 is 0 Å². The van der Waals surface area contributed by atoms with Crippen LogP contribution in [0.3, 0.4) is 0 Å². The molecule has 2 aromatic rings. The molecule has 0 aliphatic carbocycles. The summed E-state index contributed by atoms with van der Waals surface area (Å²) in [7, 11) is 0. The fourth-order valence-corrected chi connectivity index (χ4v) is 1.83. The van der Waals surface area contributed by atoms with E-state index < -0.39 is 0 Å². The molecule has 0 aliphatic rings. The van der Waals surface area contributed by atoms with E-state index in [9.17, 15) is 0 Å². The fraction of sp³-hybridized carbons (Fsp3) is 0.167. The van der Waals surface area contributed by atoms with Crippen molar-refractivity contribution in [2.45, 2.75) is 13.8 Å².